The van der Waals surface area contributed by atoms with Gasteiger partial charge in [-0.15, -0.1) is 17.9 Å². The van der Waals surface area contributed by atoms with Crippen LogP contribution < -0.4 is 0 Å². The highest BCUT2D eigenvalue weighted by molar-refractivity contribution is 7.85. The second-order valence-corrected chi connectivity index (χ2v) is 6.67. The van der Waals surface area contributed by atoms with Crippen LogP contribution in [0.1, 0.15) is 23.0 Å². The lowest BCUT2D eigenvalue weighted by molar-refractivity contribution is 0.183. The van der Waals surface area contributed by atoms with Gasteiger partial charge in [-0.25, -0.2) is 4.21 Å². The topological polar surface area (TPSA) is 37.3 Å². The third kappa shape index (κ3) is 3.21. The van der Waals surface area contributed by atoms with Crippen LogP contribution in [0.25, 0.3) is 0 Å². The number of rotatable bonds is 5. The van der Waals surface area contributed by atoms with Gasteiger partial charge in [0.25, 0.3) is 0 Å². The summed E-state index contributed by atoms with van der Waals surface area (Å²) in [5.41, 5.74) is 1.14. The highest BCUT2D eigenvalue weighted by Gasteiger charge is 2.18. The summed E-state index contributed by atoms with van der Waals surface area (Å²) in [6.45, 7) is 5.62. The first-order chi connectivity index (χ1) is 9.13. The maximum atomic E-state index is 12.5. The average molecular weight is 292 g/mol. The van der Waals surface area contributed by atoms with E-state index in [1.165, 1.54) is 11.3 Å². The van der Waals surface area contributed by atoms with Crippen LogP contribution in [0.3, 0.4) is 0 Å². The number of hydrogen-bond acceptors (Lipinski definition) is 3. The van der Waals surface area contributed by atoms with Crippen LogP contribution in [-0.4, -0.2) is 9.32 Å². The number of benzene rings is 1. The molecule has 0 unspecified atom stereocenters. The van der Waals surface area contributed by atoms with Crippen molar-refractivity contribution < 1.29 is 9.32 Å². The molecule has 0 saturated carbocycles. The van der Waals surface area contributed by atoms with E-state index >= 15 is 0 Å². The molecule has 0 fully saturated rings. The van der Waals surface area contributed by atoms with E-state index in [0.29, 0.717) is 11.3 Å². The summed E-state index contributed by atoms with van der Waals surface area (Å²) in [6.07, 6.45) is 1.52. The summed E-state index contributed by atoms with van der Waals surface area (Å²) in [7, 11) is -1.24. The van der Waals surface area contributed by atoms with Crippen LogP contribution in [0.15, 0.2) is 58.2 Å². The Morgan fingerprint density at radius 2 is 2.05 bits per heavy atom. The van der Waals surface area contributed by atoms with Gasteiger partial charge in [-0.1, -0.05) is 23.8 Å². The second-order valence-electron chi connectivity index (χ2n) is 4.27. The highest BCUT2D eigenvalue weighted by atomic mass is 32.2. The number of aryl methyl sites for hydroxylation is 1. The maximum Gasteiger partial charge on any atom is 0.0928 e. The normalized spacial score (nSPS) is 14.0. The van der Waals surface area contributed by atoms with Gasteiger partial charge in [0.2, 0.25) is 0 Å². The van der Waals surface area contributed by atoms with Gasteiger partial charge in [0.1, 0.15) is 0 Å². The Bertz CT molecular complexity index is 584. The molecule has 0 aliphatic heterocycles. The molecule has 4 heteroatoms. The Kier molecular flexibility index (Phi) is 4.69. The minimum Gasteiger partial charge on any atom is -0.387 e. The molecule has 1 aromatic carbocycles. The summed E-state index contributed by atoms with van der Waals surface area (Å²) < 4.78 is 12.5. The quantitative estimate of drug-likeness (QED) is 0.850. The first kappa shape index (κ1) is 14.2. The average Bonchev–Trinajstić information content (AvgIpc) is 2.88. The van der Waals surface area contributed by atoms with Crippen molar-refractivity contribution in [3.05, 3.63) is 58.8 Å². The van der Waals surface area contributed by atoms with E-state index in [0.717, 1.165) is 15.3 Å². The number of aliphatic hydroxyl groups is 1. The van der Waals surface area contributed by atoms with Crippen LogP contribution in [0.5, 0.6) is 0 Å². The molecule has 2 nitrogen and oxygen atoms in total. The molecule has 0 aliphatic carbocycles. The van der Waals surface area contributed by atoms with Crippen LogP contribution in [-0.2, 0) is 10.8 Å². The molecule has 0 amide bonds. The molecule has 0 saturated heterocycles. The molecule has 1 heterocycles. The number of thiophene rings is 1. The van der Waals surface area contributed by atoms with E-state index in [4.69, 9.17) is 0 Å². The van der Waals surface area contributed by atoms with Crippen LogP contribution >= 0.6 is 11.3 Å². The van der Waals surface area contributed by atoms with Gasteiger partial charge in [-0.05, 0) is 36.9 Å². The Morgan fingerprint density at radius 3 is 2.68 bits per heavy atom. The van der Waals surface area contributed by atoms with Gasteiger partial charge in [-0.2, -0.15) is 0 Å². The summed E-state index contributed by atoms with van der Waals surface area (Å²) in [5.74, 6) is 0. The first-order valence-corrected chi connectivity index (χ1v) is 8.01. The molecule has 0 spiro atoms. The fourth-order valence-electron chi connectivity index (χ4n) is 1.76. The van der Waals surface area contributed by atoms with Crippen molar-refractivity contribution in [3.8, 4) is 0 Å². The van der Waals surface area contributed by atoms with Crippen LogP contribution in [0, 0.1) is 6.92 Å². The zero-order chi connectivity index (χ0) is 13.8. The van der Waals surface area contributed by atoms with E-state index in [1.54, 1.807) is 6.08 Å². The first-order valence-electron chi connectivity index (χ1n) is 5.98. The van der Waals surface area contributed by atoms with E-state index in [-0.39, 0.29) is 0 Å². The molecule has 2 atom stereocenters. The Hall–Kier alpha value is -1.23. The predicted octanol–water partition coefficient (Wildman–Crippen LogP) is 3.83. The lowest BCUT2D eigenvalue weighted by atomic mass is 10.2. The standard InChI is InChI=1S/C15H16O2S2/c1-3-4-13(16)15-14(9-10-18-15)19(17)12-7-5-11(2)6-8-12/h3,5-10,13,16H,1,4H2,2H3/t13-,19+/m1/s1. The second kappa shape index (κ2) is 6.28. The molecule has 0 radical (unpaired) electrons. The molecule has 1 N–H and O–H groups in total. The third-order valence-electron chi connectivity index (χ3n) is 2.78. The fraction of sp³-hybridized carbons (Fsp3) is 0.200. The summed E-state index contributed by atoms with van der Waals surface area (Å²) in [4.78, 5) is 2.22. The van der Waals surface area contributed by atoms with Crippen molar-refractivity contribution in [2.24, 2.45) is 0 Å². The van der Waals surface area contributed by atoms with Gasteiger partial charge >= 0.3 is 0 Å². The van der Waals surface area contributed by atoms with E-state index < -0.39 is 16.9 Å². The lowest BCUT2D eigenvalue weighted by Gasteiger charge is -2.09. The Labute approximate surface area is 119 Å². The summed E-state index contributed by atoms with van der Waals surface area (Å²) in [5, 5.41) is 11.9. The highest BCUT2D eigenvalue weighted by Crippen LogP contribution is 2.31. The zero-order valence-electron chi connectivity index (χ0n) is 10.7. The minimum atomic E-state index is -1.24. The van der Waals surface area contributed by atoms with Crippen molar-refractivity contribution in [1.82, 2.24) is 0 Å². The van der Waals surface area contributed by atoms with Gasteiger partial charge in [0.15, 0.2) is 0 Å². The van der Waals surface area contributed by atoms with Crippen molar-refractivity contribution in [2.75, 3.05) is 0 Å². The Balaban J connectivity index is 2.32. The molecule has 0 bridgehead atoms. The maximum absolute atomic E-state index is 12.5. The molecule has 1 aromatic heterocycles. The largest absolute Gasteiger partial charge is 0.387 e. The van der Waals surface area contributed by atoms with Crippen molar-refractivity contribution in [1.29, 1.82) is 0 Å². The van der Waals surface area contributed by atoms with Crippen molar-refractivity contribution >= 4 is 22.1 Å². The lowest BCUT2D eigenvalue weighted by Crippen LogP contribution is -2.00. The van der Waals surface area contributed by atoms with Gasteiger partial charge in [0, 0.05) is 9.77 Å². The van der Waals surface area contributed by atoms with Gasteiger partial charge in [0.05, 0.1) is 21.8 Å². The predicted molar refractivity (Wildman–Crippen MR) is 79.9 cm³/mol. The molecule has 100 valence electrons. The molecule has 2 rings (SSSR count). The monoisotopic (exact) mass is 292 g/mol. The van der Waals surface area contributed by atoms with Gasteiger partial charge < -0.3 is 5.11 Å². The molecular formula is C15H16O2S2. The van der Waals surface area contributed by atoms with Crippen LogP contribution in [0.2, 0.25) is 0 Å². The van der Waals surface area contributed by atoms with Crippen molar-refractivity contribution in [3.63, 3.8) is 0 Å². The van der Waals surface area contributed by atoms with E-state index in [2.05, 4.69) is 6.58 Å². The van der Waals surface area contributed by atoms with E-state index in [1.807, 2.05) is 42.6 Å². The number of hydrogen-bond donors (Lipinski definition) is 1. The minimum absolute atomic E-state index is 0.471. The number of aliphatic hydroxyl groups excluding tert-OH is 1. The molecular weight excluding hydrogens is 276 g/mol. The summed E-state index contributed by atoms with van der Waals surface area (Å²) in [6, 6.07) is 9.45. The third-order valence-corrected chi connectivity index (χ3v) is 5.39. The van der Waals surface area contributed by atoms with E-state index in [9.17, 15) is 9.32 Å². The van der Waals surface area contributed by atoms with Crippen LogP contribution in [0.4, 0.5) is 0 Å². The van der Waals surface area contributed by atoms with Gasteiger partial charge in [-0.3, -0.25) is 0 Å². The zero-order valence-corrected chi connectivity index (χ0v) is 12.3. The molecule has 19 heavy (non-hydrogen) atoms. The SMILES string of the molecule is C=CC[C@@H](O)c1sccc1[S@@](=O)c1ccc(C)cc1. The van der Waals surface area contributed by atoms with Crippen molar-refractivity contribution in [2.45, 2.75) is 29.2 Å². The molecule has 2 aromatic rings. The smallest absolute Gasteiger partial charge is 0.0928 e. The Morgan fingerprint density at radius 1 is 1.37 bits per heavy atom. The molecule has 0 aliphatic rings. The fourth-order valence-corrected chi connectivity index (χ4v) is 4.15. The summed E-state index contributed by atoms with van der Waals surface area (Å²) >= 11 is 1.43.